The van der Waals surface area contributed by atoms with Crippen LogP contribution in [-0.2, 0) is 0 Å². The van der Waals surface area contributed by atoms with Crippen LogP contribution in [0.5, 0.6) is 0 Å². The fraction of sp³-hybridized carbons (Fsp3) is 0.300. The van der Waals surface area contributed by atoms with E-state index >= 15 is 0 Å². The Balaban J connectivity index is 2.80. The molecule has 0 aliphatic rings. The van der Waals surface area contributed by atoms with Gasteiger partial charge in [-0.15, -0.1) is 0 Å². The summed E-state index contributed by atoms with van der Waals surface area (Å²) < 4.78 is 0. The first-order valence-corrected chi connectivity index (χ1v) is 4.27. The minimum Gasteiger partial charge on any atom is -0.369 e. The number of carbonyl (C=O) groups is 1. The van der Waals surface area contributed by atoms with E-state index in [0.29, 0.717) is 5.56 Å². The van der Waals surface area contributed by atoms with Crippen LogP contribution in [0.4, 0.5) is 0 Å². The lowest BCUT2D eigenvalue weighted by Gasteiger charge is -2.01. The van der Waals surface area contributed by atoms with Crippen LogP contribution in [0.25, 0.3) is 0 Å². The van der Waals surface area contributed by atoms with Crippen LogP contribution in [0.2, 0.25) is 0 Å². The second kappa shape index (κ2) is 4.50. The van der Waals surface area contributed by atoms with E-state index in [1.54, 1.807) is 23.2 Å². The van der Waals surface area contributed by atoms with E-state index in [1.165, 1.54) is 6.34 Å². The van der Waals surface area contributed by atoms with Crippen LogP contribution in [-0.4, -0.2) is 36.2 Å². The molecule has 1 amide bonds. The molecule has 0 aliphatic carbocycles. The van der Waals surface area contributed by atoms with Crippen molar-refractivity contribution >= 4 is 12.2 Å². The van der Waals surface area contributed by atoms with Crippen LogP contribution < -0.4 is 0 Å². The van der Waals surface area contributed by atoms with Gasteiger partial charge in [0.1, 0.15) is 0 Å². The number of hydrogen-bond acceptors (Lipinski definition) is 2. The summed E-state index contributed by atoms with van der Waals surface area (Å²) in [5.74, 6) is -0.246. The maximum Gasteiger partial charge on any atom is 0.278 e. The number of rotatable bonds is 2. The van der Waals surface area contributed by atoms with Crippen molar-refractivity contribution in [3.63, 3.8) is 0 Å². The standard InChI is InChI=1S/C10H13N3O/c1-8-6-9(4-5-11-8)10(14)12-7-13(2)3/h4-7H,1-3H3. The molecule has 0 radical (unpaired) electrons. The molecule has 0 spiro atoms. The van der Waals surface area contributed by atoms with Gasteiger partial charge >= 0.3 is 0 Å². The molecule has 14 heavy (non-hydrogen) atoms. The van der Waals surface area contributed by atoms with E-state index in [2.05, 4.69) is 9.98 Å². The molecule has 1 aromatic rings. The van der Waals surface area contributed by atoms with Crippen molar-refractivity contribution < 1.29 is 4.79 Å². The van der Waals surface area contributed by atoms with Crippen molar-refractivity contribution in [2.24, 2.45) is 4.99 Å². The van der Waals surface area contributed by atoms with Crippen molar-refractivity contribution in [3.05, 3.63) is 29.6 Å². The van der Waals surface area contributed by atoms with Crippen LogP contribution in [0.3, 0.4) is 0 Å². The molecule has 1 rings (SSSR count). The second-order valence-corrected chi connectivity index (χ2v) is 3.20. The Bertz CT molecular complexity index is 358. The minimum atomic E-state index is -0.246. The van der Waals surface area contributed by atoms with E-state index < -0.39 is 0 Å². The number of hydrogen-bond donors (Lipinski definition) is 0. The maximum absolute atomic E-state index is 11.4. The van der Waals surface area contributed by atoms with Gasteiger partial charge in [0.25, 0.3) is 5.91 Å². The Hall–Kier alpha value is -1.71. The lowest BCUT2D eigenvalue weighted by atomic mass is 10.2. The zero-order valence-corrected chi connectivity index (χ0v) is 8.56. The zero-order valence-electron chi connectivity index (χ0n) is 8.56. The molecule has 0 aromatic carbocycles. The molecule has 74 valence electrons. The lowest BCUT2D eigenvalue weighted by Crippen LogP contribution is -2.09. The number of aliphatic imine (C=N–C) groups is 1. The topological polar surface area (TPSA) is 45.6 Å². The van der Waals surface area contributed by atoms with Gasteiger partial charge in [0.2, 0.25) is 0 Å². The SMILES string of the molecule is Cc1cc(C(=O)N=CN(C)C)ccn1. The van der Waals surface area contributed by atoms with Gasteiger partial charge in [-0.2, -0.15) is 4.99 Å². The van der Waals surface area contributed by atoms with E-state index in [4.69, 9.17) is 0 Å². The van der Waals surface area contributed by atoms with Gasteiger partial charge in [0.05, 0.1) is 6.34 Å². The number of aromatic nitrogens is 1. The zero-order chi connectivity index (χ0) is 10.6. The van der Waals surface area contributed by atoms with Gasteiger partial charge < -0.3 is 4.90 Å². The average molecular weight is 191 g/mol. The van der Waals surface area contributed by atoms with Crippen molar-refractivity contribution in [3.8, 4) is 0 Å². The first-order valence-electron chi connectivity index (χ1n) is 4.27. The highest BCUT2D eigenvalue weighted by Crippen LogP contribution is 2.02. The van der Waals surface area contributed by atoms with E-state index in [1.807, 2.05) is 21.0 Å². The summed E-state index contributed by atoms with van der Waals surface area (Å²) in [6.07, 6.45) is 3.09. The molecular weight excluding hydrogens is 178 g/mol. The smallest absolute Gasteiger partial charge is 0.278 e. The highest BCUT2D eigenvalue weighted by Gasteiger charge is 2.02. The third-order valence-corrected chi connectivity index (χ3v) is 1.55. The van der Waals surface area contributed by atoms with Crippen LogP contribution >= 0.6 is 0 Å². The molecule has 0 fully saturated rings. The number of amides is 1. The molecule has 0 saturated heterocycles. The summed E-state index contributed by atoms with van der Waals surface area (Å²) >= 11 is 0. The molecule has 0 unspecified atom stereocenters. The van der Waals surface area contributed by atoms with Gasteiger partial charge in [-0.3, -0.25) is 9.78 Å². The number of nitrogens with zero attached hydrogens (tertiary/aromatic N) is 3. The van der Waals surface area contributed by atoms with Crippen LogP contribution in [0.1, 0.15) is 16.1 Å². The third kappa shape index (κ3) is 2.97. The number of pyridine rings is 1. The molecule has 0 aliphatic heterocycles. The third-order valence-electron chi connectivity index (χ3n) is 1.55. The molecule has 1 aromatic heterocycles. The molecule has 1 heterocycles. The lowest BCUT2D eigenvalue weighted by molar-refractivity contribution is 0.100. The first kappa shape index (κ1) is 10.4. The molecule has 4 heteroatoms. The van der Waals surface area contributed by atoms with Crippen molar-refractivity contribution in [2.75, 3.05) is 14.1 Å². The normalized spacial score (nSPS) is 10.5. The van der Waals surface area contributed by atoms with E-state index in [0.717, 1.165) is 5.69 Å². The van der Waals surface area contributed by atoms with Crippen molar-refractivity contribution in [1.82, 2.24) is 9.88 Å². The van der Waals surface area contributed by atoms with E-state index in [-0.39, 0.29) is 5.91 Å². The number of carbonyl (C=O) groups excluding carboxylic acids is 1. The van der Waals surface area contributed by atoms with Gasteiger partial charge in [-0.1, -0.05) is 0 Å². The Morgan fingerprint density at radius 2 is 2.29 bits per heavy atom. The fourth-order valence-corrected chi connectivity index (χ4v) is 0.921. The Kier molecular flexibility index (Phi) is 3.34. The van der Waals surface area contributed by atoms with Gasteiger partial charge in [-0.25, -0.2) is 0 Å². The molecule has 0 saturated carbocycles. The molecule has 0 N–H and O–H groups in total. The number of aryl methyl sites for hydroxylation is 1. The van der Waals surface area contributed by atoms with Crippen molar-refractivity contribution in [2.45, 2.75) is 6.92 Å². The summed E-state index contributed by atoms with van der Waals surface area (Å²) in [7, 11) is 3.63. The highest BCUT2D eigenvalue weighted by atomic mass is 16.1. The monoisotopic (exact) mass is 191 g/mol. The summed E-state index contributed by atoms with van der Waals surface area (Å²) in [4.78, 5) is 20.9. The highest BCUT2D eigenvalue weighted by molar-refractivity contribution is 5.98. The van der Waals surface area contributed by atoms with E-state index in [9.17, 15) is 4.79 Å². The second-order valence-electron chi connectivity index (χ2n) is 3.20. The Morgan fingerprint density at radius 1 is 1.57 bits per heavy atom. The quantitative estimate of drug-likeness (QED) is 0.520. The van der Waals surface area contributed by atoms with Gasteiger partial charge in [0.15, 0.2) is 0 Å². The van der Waals surface area contributed by atoms with Crippen molar-refractivity contribution in [1.29, 1.82) is 0 Å². The summed E-state index contributed by atoms with van der Waals surface area (Å²) in [5.41, 5.74) is 1.38. The fourth-order valence-electron chi connectivity index (χ4n) is 0.921. The molecular formula is C10H13N3O. The van der Waals surface area contributed by atoms with Gasteiger partial charge in [-0.05, 0) is 19.1 Å². The predicted octanol–water partition coefficient (Wildman–Crippen LogP) is 1.12. The Morgan fingerprint density at radius 3 is 2.86 bits per heavy atom. The maximum atomic E-state index is 11.4. The van der Waals surface area contributed by atoms with Crippen LogP contribution in [0, 0.1) is 6.92 Å². The summed E-state index contributed by atoms with van der Waals surface area (Å²) in [6, 6.07) is 3.37. The predicted molar refractivity (Wildman–Crippen MR) is 55.5 cm³/mol. The Labute approximate surface area is 83.3 Å². The molecule has 4 nitrogen and oxygen atoms in total. The largest absolute Gasteiger partial charge is 0.369 e. The summed E-state index contributed by atoms with van der Waals surface area (Å²) in [6.45, 7) is 1.84. The molecule has 0 bridgehead atoms. The van der Waals surface area contributed by atoms with Crippen LogP contribution in [0.15, 0.2) is 23.3 Å². The minimum absolute atomic E-state index is 0.246. The van der Waals surface area contributed by atoms with Gasteiger partial charge in [0, 0.05) is 31.5 Å². The average Bonchev–Trinajstić information content (AvgIpc) is 2.14. The summed E-state index contributed by atoms with van der Waals surface area (Å²) in [5, 5.41) is 0. The molecule has 0 atom stereocenters. The first-order chi connectivity index (χ1) is 6.59.